The van der Waals surface area contributed by atoms with E-state index in [0.29, 0.717) is 12.1 Å². The number of ether oxygens (including phenoxy) is 1. The quantitative estimate of drug-likeness (QED) is 0.599. The monoisotopic (exact) mass is 396 g/mol. The molecule has 0 atom stereocenters. The largest absolute Gasteiger partial charge is 0.497 e. The minimum Gasteiger partial charge on any atom is -0.497 e. The first kappa shape index (κ1) is 17.5. The number of rotatable bonds is 6. The highest BCUT2D eigenvalue weighted by molar-refractivity contribution is 9.10. The van der Waals surface area contributed by atoms with Crippen molar-refractivity contribution < 1.29 is 13.2 Å². The highest BCUT2D eigenvalue weighted by Gasteiger charge is 2.13. The van der Waals surface area contributed by atoms with Gasteiger partial charge in [0.05, 0.1) is 17.7 Å². The lowest BCUT2D eigenvalue weighted by Crippen LogP contribution is -2.20. The standard InChI is InChI=1S/C16H17BrN2O3S/c1-3-16(12-4-8-14(22-2)9-5-12)18-19-23(20,21)15-10-6-13(17)7-11-15/h4-11,19H,3H2,1-2H3/b18-16-. The predicted molar refractivity (Wildman–Crippen MR) is 94.3 cm³/mol. The lowest BCUT2D eigenvalue weighted by Gasteiger charge is -2.08. The lowest BCUT2D eigenvalue weighted by atomic mass is 10.1. The van der Waals surface area contributed by atoms with Crippen molar-refractivity contribution in [3.63, 3.8) is 0 Å². The SMILES string of the molecule is CC/C(=N/NS(=O)(=O)c1ccc(Br)cc1)c1ccc(OC)cc1. The Bertz CT molecular complexity index is 785. The van der Waals surface area contributed by atoms with E-state index < -0.39 is 10.0 Å². The molecule has 5 nitrogen and oxygen atoms in total. The third kappa shape index (κ3) is 4.56. The molecule has 2 rings (SSSR count). The molecule has 0 saturated carbocycles. The van der Waals surface area contributed by atoms with Crippen LogP contribution >= 0.6 is 15.9 Å². The van der Waals surface area contributed by atoms with Crippen LogP contribution in [0.2, 0.25) is 0 Å². The van der Waals surface area contributed by atoms with E-state index in [9.17, 15) is 8.42 Å². The van der Waals surface area contributed by atoms with Gasteiger partial charge < -0.3 is 4.74 Å². The first-order valence-corrected chi connectivity index (χ1v) is 9.22. The normalized spacial score (nSPS) is 12.0. The lowest BCUT2D eigenvalue weighted by molar-refractivity contribution is 0.415. The molecule has 0 aromatic heterocycles. The van der Waals surface area contributed by atoms with Gasteiger partial charge in [0.15, 0.2) is 0 Å². The molecule has 0 bridgehead atoms. The zero-order valence-electron chi connectivity index (χ0n) is 12.8. The summed E-state index contributed by atoms with van der Waals surface area (Å²) < 4.78 is 30.4. The molecule has 1 N–H and O–H groups in total. The van der Waals surface area contributed by atoms with Gasteiger partial charge in [-0.1, -0.05) is 22.9 Å². The van der Waals surface area contributed by atoms with Gasteiger partial charge in [-0.05, 0) is 60.5 Å². The highest BCUT2D eigenvalue weighted by atomic mass is 79.9. The number of sulfonamides is 1. The molecule has 0 heterocycles. The van der Waals surface area contributed by atoms with Gasteiger partial charge in [-0.25, -0.2) is 0 Å². The molecule has 0 aliphatic carbocycles. The summed E-state index contributed by atoms with van der Waals surface area (Å²) in [6.07, 6.45) is 0.592. The Labute approximate surface area is 144 Å². The van der Waals surface area contributed by atoms with Crippen LogP contribution in [0.25, 0.3) is 0 Å². The van der Waals surface area contributed by atoms with Crippen LogP contribution in [0.5, 0.6) is 5.75 Å². The molecule has 2 aromatic rings. The fourth-order valence-electron chi connectivity index (χ4n) is 1.91. The average Bonchev–Trinajstić information content (AvgIpc) is 2.56. The van der Waals surface area contributed by atoms with E-state index in [1.54, 1.807) is 19.2 Å². The first-order valence-electron chi connectivity index (χ1n) is 6.94. The number of hydrogen-bond donors (Lipinski definition) is 1. The topological polar surface area (TPSA) is 67.8 Å². The summed E-state index contributed by atoms with van der Waals surface area (Å²) in [4.78, 5) is 2.45. The summed E-state index contributed by atoms with van der Waals surface area (Å²) in [6, 6.07) is 13.7. The van der Waals surface area contributed by atoms with E-state index in [4.69, 9.17) is 4.74 Å². The average molecular weight is 397 g/mol. The Morgan fingerprint density at radius 2 is 1.74 bits per heavy atom. The van der Waals surface area contributed by atoms with Crippen LogP contribution in [-0.2, 0) is 10.0 Å². The summed E-state index contributed by atoms with van der Waals surface area (Å²) in [5.74, 6) is 0.736. The van der Waals surface area contributed by atoms with Crippen LogP contribution in [0, 0.1) is 0 Å². The minimum atomic E-state index is -3.69. The van der Waals surface area contributed by atoms with Crippen LogP contribution in [0.3, 0.4) is 0 Å². The Morgan fingerprint density at radius 3 is 2.26 bits per heavy atom. The number of benzene rings is 2. The van der Waals surface area contributed by atoms with Crippen LogP contribution in [-0.4, -0.2) is 21.2 Å². The zero-order chi connectivity index (χ0) is 16.9. The molecule has 2 aromatic carbocycles. The number of hydrogen-bond acceptors (Lipinski definition) is 4. The zero-order valence-corrected chi connectivity index (χ0v) is 15.2. The molecule has 23 heavy (non-hydrogen) atoms. The molecule has 0 amide bonds. The third-order valence-corrected chi connectivity index (χ3v) is 4.94. The van der Waals surface area contributed by atoms with Crippen molar-refractivity contribution in [2.24, 2.45) is 5.10 Å². The van der Waals surface area contributed by atoms with Crippen LogP contribution in [0.15, 0.2) is 63.0 Å². The number of hydrazone groups is 1. The minimum absolute atomic E-state index is 0.162. The number of nitrogens with zero attached hydrogens (tertiary/aromatic N) is 1. The highest BCUT2D eigenvalue weighted by Crippen LogP contribution is 2.16. The van der Waals surface area contributed by atoms with E-state index in [1.165, 1.54) is 12.1 Å². The van der Waals surface area contributed by atoms with E-state index >= 15 is 0 Å². The Hall–Kier alpha value is -1.86. The molecule has 0 unspecified atom stereocenters. The second-order valence-electron chi connectivity index (χ2n) is 4.69. The van der Waals surface area contributed by atoms with Gasteiger partial charge in [0.1, 0.15) is 5.75 Å². The maximum atomic E-state index is 12.2. The van der Waals surface area contributed by atoms with Gasteiger partial charge in [0.2, 0.25) is 0 Å². The van der Waals surface area contributed by atoms with Gasteiger partial charge in [-0.3, -0.25) is 0 Å². The van der Waals surface area contributed by atoms with Crippen molar-refractivity contribution in [2.75, 3.05) is 7.11 Å². The number of nitrogens with one attached hydrogen (secondary N) is 1. The maximum absolute atomic E-state index is 12.2. The van der Waals surface area contributed by atoms with Crippen molar-refractivity contribution in [1.82, 2.24) is 4.83 Å². The second kappa shape index (κ2) is 7.61. The molecular weight excluding hydrogens is 380 g/mol. The first-order chi connectivity index (χ1) is 11.0. The Kier molecular flexibility index (Phi) is 5.79. The van der Waals surface area contributed by atoms with Crippen molar-refractivity contribution >= 4 is 31.7 Å². The summed E-state index contributed by atoms with van der Waals surface area (Å²) in [5.41, 5.74) is 1.49. The van der Waals surface area contributed by atoms with Crippen molar-refractivity contribution in [3.8, 4) is 5.75 Å². The molecule has 122 valence electrons. The van der Waals surface area contributed by atoms with Gasteiger partial charge in [0.25, 0.3) is 10.0 Å². The molecule has 7 heteroatoms. The van der Waals surface area contributed by atoms with Gasteiger partial charge in [-0.15, -0.1) is 0 Å². The molecule has 0 saturated heterocycles. The number of halogens is 1. The fraction of sp³-hybridized carbons (Fsp3) is 0.188. The summed E-state index contributed by atoms with van der Waals surface area (Å²) >= 11 is 3.27. The molecule has 0 aliphatic heterocycles. The summed E-state index contributed by atoms with van der Waals surface area (Å²) in [5, 5.41) is 4.06. The van der Waals surface area contributed by atoms with Crippen molar-refractivity contribution in [2.45, 2.75) is 18.2 Å². The molecule has 0 radical (unpaired) electrons. The van der Waals surface area contributed by atoms with E-state index in [2.05, 4.69) is 25.9 Å². The summed E-state index contributed by atoms with van der Waals surface area (Å²) in [6.45, 7) is 1.91. The van der Waals surface area contributed by atoms with Gasteiger partial charge in [0, 0.05) is 4.47 Å². The van der Waals surface area contributed by atoms with Gasteiger partial charge >= 0.3 is 0 Å². The molecule has 0 spiro atoms. The van der Waals surface area contributed by atoms with Crippen LogP contribution in [0.4, 0.5) is 0 Å². The Morgan fingerprint density at radius 1 is 1.13 bits per heavy atom. The molecule has 0 fully saturated rings. The predicted octanol–water partition coefficient (Wildman–Crippen LogP) is 3.55. The summed E-state index contributed by atoms with van der Waals surface area (Å²) in [7, 11) is -2.09. The van der Waals surface area contributed by atoms with Crippen molar-refractivity contribution in [1.29, 1.82) is 0 Å². The van der Waals surface area contributed by atoms with Crippen molar-refractivity contribution in [3.05, 3.63) is 58.6 Å². The van der Waals surface area contributed by atoms with E-state index in [1.807, 2.05) is 31.2 Å². The van der Waals surface area contributed by atoms with Crippen LogP contribution < -0.4 is 9.57 Å². The molecule has 0 aliphatic rings. The van der Waals surface area contributed by atoms with Crippen LogP contribution in [0.1, 0.15) is 18.9 Å². The Balaban J connectivity index is 2.22. The number of methoxy groups -OCH3 is 1. The van der Waals surface area contributed by atoms with E-state index in [-0.39, 0.29) is 4.90 Å². The molecular formula is C16H17BrN2O3S. The fourth-order valence-corrected chi connectivity index (χ4v) is 3.01. The smallest absolute Gasteiger partial charge is 0.276 e. The third-order valence-electron chi connectivity index (χ3n) is 3.18. The van der Waals surface area contributed by atoms with E-state index in [0.717, 1.165) is 15.8 Å². The van der Waals surface area contributed by atoms with Gasteiger partial charge in [-0.2, -0.15) is 18.4 Å². The second-order valence-corrected chi connectivity index (χ2v) is 7.27. The maximum Gasteiger partial charge on any atom is 0.276 e.